The maximum atomic E-state index is 12.4. The van der Waals surface area contributed by atoms with Crippen LogP contribution < -0.4 is 0 Å². The highest BCUT2D eigenvalue weighted by atomic mass is 32.2. The molecule has 0 bridgehead atoms. The highest BCUT2D eigenvalue weighted by Crippen LogP contribution is 2.15. The van der Waals surface area contributed by atoms with Gasteiger partial charge in [-0.3, -0.25) is 0 Å². The second-order valence-electron chi connectivity index (χ2n) is 4.88. The van der Waals surface area contributed by atoms with E-state index in [4.69, 9.17) is 5.11 Å². The minimum atomic E-state index is -3.56. The van der Waals surface area contributed by atoms with Crippen molar-refractivity contribution in [3.63, 3.8) is 0 Å². The fraction of sp³-hybridized carbons (Fsp3) is 0.500. The fourth-order valence-electron chi connectivity index (χ4n) is 2.02. The third-order valence-corrected chi connectivity index (χ3v) is 4.97. The molecular formula is C14H21NO5S. The number of ether oxygens (including phenoxy) is 1. The molecule has 0 saturated heterocycles. The van der Waals surface area contributed by atoms with Gasteiger partial charge in [0.05, 0.1) is 25.0 Å². The molecule has 0 amide bonds. The van der Waals surface area contributed by atoms with Crippen LogP contribution in [0.3, 0.4) is 0 Å². The smallest absolute Gasteiger partial charge is 0.337 e. The Labute approximate surface area is 125 Å². The summed E-state index contributed by atoms with van der Waals surface area (Å²) in [5.41, 5.74) is 0.810. The summed E-state index contributed by atoms with van der Waals surface area (Å²) in [5.74, 6) is -0.735. The molecule has 0 unspecified atom stereocenters. The normalized spacial score (nSPS) is 11.9. The molecule has 0 spiro atoms. The molecule has 21 heavy (non-hydrogen) atoms. The number of hydrogen-bond donors (Lipinski definition) is 1. The van der Waals surface area contributed by atoms with Gasteiger partial charge in [-0.05, 0) is 31.5 Å². The summed E-state index contributed by atoms with van der Waals surface area (Å²) in [6, 6.07) is 6.08. The number of nitrogens with zero attached hydrogens (tertiary/aromatic N) is 1. The molecular weight excluding hydrogens is 294 g/mol. The van der Waals surface area contributed by atoms with Crippen molar-refractivity contribution in [2.75, 3.05) is 20.3 Å². The zero-order chi connectivity index (χ0) is 16.0. The van der Waals surface area contributed by atoms with Crippen LogP contribution in [0.5, 0.6) is 0 Å². The van der Waals surface area contributed by atoms with Gasteiger partial charge in [0.15, 0.2) is 0 Å². The van der Waals surface area contributed by atoms with Crippen LogP contribution in [0.15, 0.2) is 24.3 Å². The van der Waals surface area contributed by atoms with Gasteiger partial charge in [0.1, 0.15) is 0 Å². The first-order valence-electron chi connectivity index (χ1n) is 6.59. The standard InChI is InChI=1S/C14H21NO5S/c1-11(2)15(7-8-16)21(18,19)10-12-5-4-6-13(9-12)14(17)20-3/h4-6,9,11,16H,7-8,10H2,1-3H3. The Morgan fingerprint density at radius 1 is 1.38 bits per heavy atom. The number of methoxy groups -OCH3 is 1. The van der Waals surface area contributed by atoms with E-state index in [2.05, 4.69) is 4.74 Å². The summed E-state index contributed by atoms with van der Waals surface area (Å²) in [6.07, 6.45) is 0. The number of rotatable bonds is 7. The van der Waals surface area contributed by atoms with Crippen LogP contribution >= 0.6 is 0 Å². The van der Waals surface area contributed by atoms with E-state index in [0.717, 1.165) is 0 Å². The lowest BCUT2D eigenvalue weighted by Crippen LogP contribution is -2.39. The van der Waals surface area contributed by atoms with Crippen LogP contribution in [0, 0.1) is 0 Å². The Balaban J connectivity index is 3.00. The molecule has 0 fully saturated rings. The van der Waals surface area contributed by atoms with Gasteiger partial charge < -0.3 is 9.84 Å². The Bertz CT molecular complexity index is 583. The predicted octanol–water partition coefficient (Wildman–Crippen LogP) is 1.01. The molecule has 0 aliphatic heterocycles. The molecule has 0 aromatic heterocycles. The molecule has 6 nitrogen and oxygen atoms in total. The molecule has 0 saturated carbocycles. The number of aliphatic hydroxyl groups is 1. The molecule has 0 heterocycles. The van der Waals surface area contributed by atoms with Gasteiger partial charge in [-0.15, -0.1) is 0 Å². The molecule has 0 aliphatic carbocycles. The average molecular weight is 315 g/mol. The van der Waals surface area contributed by atoms with E-state index in [9.17, 15) is 13.2 Å². The Morgan fingerprint density at radius 3 is 2.57 bits per heavy atom. The van der Waals surface area contributed by atoms with Crippen LogP contribution in [0.4, 0.5) is 0 Å². The van der Waals surface area contributed by atoms with E-state index < -0.39 is 16.0 Å². The first kappa shape index (κ1) is 17.6. The predicted molar refractivity (Wildman–Crippen MR) is 79.3 cm³/mol. The van der Waals surface area contributed by atoms with Crippen molar-refractivity contribution in [1.29, 1.82) is 0 Å². The van der Waals surface area contributed by atoms with E-state index in [0.29, 0.717) is 11.1 Å². The topological polar surface area (TPSA) is 83.9 Å². The summed E-state index contributed by atoms with van der Waals surface area (Å²) in [4.78, 5) is 11.5. The van der Waals surface area contributed by atoms with Crippen molar-refractivity contribution in [3.8, 4) is 0 Å². The minimum Gasteiger partial charge on any atom is -0.465 e. The van der Waals surface area contributed by atoms with Crippen LogP contribution in [0.25, 0.3) is 0 Å². The molecule has 0 aliphatic rings. The van der Waals surface area contributed by atoms with Gasteiger partial charge in [0.25, 0.3) is 0 Å². The lowest BCUT2D eigenvalue weighted by Gasteiger charge is -2.25. The van der Waals surface area contributed by atoms with E-state index in [-0.39, 0.29) is 24.9 Å². The van der Waals surface area contributed by atoms with Crippen molar-refractivity contribution in [2.45, 2.75) is 25.6 Å². The zero-order valence-corrected chi connectivity index (χ0v) is 13.3. The fourth-order valence-corrected chi connectivity index (χ4v) is 3.79. The Morgan fingerprint density at radius 2 is 2.05 bits per heavy atom. The molecule has 1 aromatic carbocycles. The first-order valence-corrected chi connectivity index (χ1v) is 8.20. The first-order chi connectivity index (χ1) is 9.81. The SMILES string of the molecule is COC(=O)c1cccc(CS(=O)(=O)N(CCO)C(C)C)c1. The molecule has 0 radical (unpaired) electrons. The van der Waals surface area contributed by atoms with E-state index in [1.54, 1.807) is 32.0 Å². The number of hydrogen-bond acceptors (Lipinski definition) is 5. The number of carbonyl (C=O) groups is 1. The number of esters is 1. The van der Waals surface area contributed by atoms with E-state index in [1.165, 1.54) is 17.5 Å². The summed E-state index contributed by atoms with van der Waals surface area (Å²) < 4.78 is 30.6. The monoisotopic (exact) mass is 315 g/mol. The van der Waals surface area contributed by atoms with Gasteiger partial charge in [-0.2, -0.15) is 4.31 Å². The van der Waals surface area contributed by atoms with Crippen LogP contribution in [0.2, 0.25) is 0 Å². The van der Waals surface area contributed by atoms with Crippen LogP contribution in [-0.2, 0) is 20.5 Å². The van der Waals surface area contributed by atoms with Crippen molar-refractivity contribution < 1.29 is 23.1 Å². The number of sulfonamides is 1. The average Bonchev–Trinajstić information content (AvgIpc) is 2.43. The largest absolute Gasteiger partial charge is 0.465 e. The van der Waals surface area contributed by atoms with Gasteiger partial charge >= 0.3 is 5.97 Å². The van der Waals surface area contributed by atoms with Crippen LogP contribution in [-0.4, -0.2) is 50.1 Å². The third kappa shape index (κ3) is 4.80. The second kappa shape index (κ2) is 7.53. The zero-order valence-electron chi connectivity index (χ0n) is 12.4. The van der Waals surface area contributed by atoms with E-state index in [1.807, 2.05) is 0 Å². The molecule has 1 aromatic rings. The molecule has 7 heteroatoms. The summed E-state index contributed by atoms with van der Waals surface area (Å²) in [7, 11) is -2.29. The second-order valence-corrected chi connectivity index (χ2v) is 6.80. The number of benzene rings is 1. The molecule has 1 N–H and O–H groups in total. The quantitative estimate of drug-likeness (QED) is 0.759. The molecule has 0 atom stereocenters. The van der Waals surface area contributed by atoms with Gasteiger partial charge in [0.2, 0.25) is 10.0 Å². The highest BCUT2D eigenvalue weighted by molar-refractivity contribution is 7.88. The van der Waals surface area contributed by atoms with Crippen molar-refractivity contribution in [1.82, 2.24) is 4.31 Å². The van der Waals surface area contributed by atoms with E-state index >= 15 is 0 Å². The summed E-state index contributed by atoms with van der Waals surface area (Å²) >= 11 is 0. The van der Waals surface area contributed by atoms with Crippen molar-refractivity contribution >= 4 is 16.0 Å². The van der Waals surface area contributed by atoms with Crippen molar-refractivity contribution in [3.05, 3.63) is 35.4 Å². The number of carbonyl (C=O) groups excluding carboxylic acids is 1. The van der Waals surface area contributed by atoms with Crippen LogP contribution in [0.1, 0.15) is 29.8 Å². The third-order valence-electron chi connectivity index (χ3n) is 2.95. The van der Waals surface area contributed by atoms with Gasteiger partial charge in [-0.1, -0.05) is 12.1 Å². The highest BCUT2D eigenvalue weighted by Gasteiger charge is 2.25. The number of aliphatic hydroxyl groups excluding tert-OH is 1. The molecule has 118 valence electrons. The lowest BCUT2D eigenvalue weighted by atomic mass is 10.1. The summed E-state index contributed by atoms with van der Waals surface area (Å²) in [5, 5.41) is 9.00. The van der Waals surface area contributed by atoms with Gasteiger partial charge in [0, 0.05) is 12.6 Å². The maximum absolute atomic E-state index is 12.4. The van der Waals surface area contributed by atoms with Crippen molar-refractivity contribution in [2.24, 2.45) is 0 Å². The Hall–Kier alpha value is -1.44. The maximum Gasteiger partial charge on any atom is 0.337 e. The lowest BCUT2D eigenvalue weighted by molar-refractivity contribution is 0.0600. The minimum absolute atomic E-state index is 0.0523. The summed E-state index contributed by atoms with van der Waals surface area (Å²) in [6.45, 7) is 3.31. The van der Waals surface area contributed by atoms with Gasteiger partial charge in [-0.25, -0.2) is 13.2 Å². The Kier molecular flexibility index (Phi) is 6.32. The molecule has 1 rings (SSSR count).